The van der Waals surface area contributed by atoms with Gasteiger partial charge in [0.1, 0.15) is 0 Å². The topological polar surface area (TPSA) is 113 Å². The van der Waals surface area contributed by atoms with Crippen molar-refractivity contribution in [2.45, 2.75) is 32.3 Å². The molecule has 3 atom stereocenters. The Morgan fingerprint density at radius 1 is 1.26 bits per heavy atom. The molecule has 2 bridgehead atoms. The molecule has 2 fully saturated rings. The van der Waals surface area contributed by atoms with E-state index in [1.54, 1.807) is 6.33 Å². The first-order chi connectivity index (χ1) is 11.0. The van der Waals surface area contributed by atoms with Crippen molar-refractivity contribution in [2.24, 2.45) is 17.8 Å². The zero-order chi connectivity index (χ0) is 16.7. The Morgan fingerprint density at radius 3 is 2.48 bits per heavy atom. The number of hydrogen-bond donors (Lipinski definition) is 3. The average Bonchev–Trinajstić information content (AvgIpc) is 3.23. The number of carboxylic acids is 2. The molecule has 126 valence electrons. The first-order valence-electron chi connectivity index (χ1n) is 7.73. The number of imidazole rings is 1. The van der Waals surface area contributed by atoms with Crippen LogP contribution in [0.15, 0.2) is 24.7 Å². The van der Waals surface area contributed by atoms with Crippen molar-refractivity contribution in [3.05, 3.63) is 30.4 Å². The van der Waals surface area contributed by atoms with Crippen LogP contribution in [0.3, 0.4) is 0 Å². The van der Waals surface area contributed by atoms with Crippen LogP contribution in [0.5, 0.6) is 0 Å². The fourth-order valence-electron chi connectivity index (χ4n) is 3.41. The standard InChI is InChI=1S/C12H18N2O.C4H4O4/c1-2-10-3-9(1)4-11(10)6-15-7-12-5-13-8-14-12;5-3(6)1-2-4(7)8/h5,8-11H,1-4,6-7H2,(H,13,14);1-2H,(H,5,6)(H,7,8)/b;2-1-. The molecule has 23 heavy (non-hydrogen) atoms. The first kappa shape index (κ1) is 17.2. The molecule has 0 radical (unpaired) electrons. The molecular weight excluding hydrogens is 300 g/mol. The Kier molecular flexibility index (Phi) is 6.34. The average molecular weight is 322 g/mol. The van der Waals surface area contributed by atoms with Crippen molar-refractivity contribution in [1.29, 1.82) is 0 Å². The van der Waals surface area contributed by atoms with E-state index in [9.17, 15) is 9.59 Å². The maximum absolute atomic E-state index is 9.55. The van der Waals surface area contributed by atoms with Crippen molar-refractivity contribution in [3.8, 4) is 0 Å². The van der Waals surface area contributed by atoms with Gasteiger partial charge in [-0.2, -0.15) is 0 Å². The number of ether oxygens (including phenoxy) is 1. The van der Waals surface area contributed by atoms with Crippen molar-refractivity contribution in [2.75, 3.05) is 6.61 Å². The fraction of sp³-hybridized carbons (Fsp3) is 0.562. The van der Waals surface area contributed by atoms with Crippen molar-refractivity contribution < 1.29 is 24.5 Å². The van der Waals surface area contributed by atoms with E-state index in [0.717, 1.165) is 30.1 Å². The zero-order valence-corrected chi connectivity index (χ0v) is 12.9. The highest BCUT2D eigenvalue weighted by Gasteiger charge is 2.39. The van der Waals surface area contributed by atoms with Crippen LogP contribution in [0.2, 0.25) is 0 Å². The van der Waals surface area contributed by atoms with Crippen molar-refractivity contribution in [3.63, 3.8) is 0 Å². The highest BCUT2D eigenvalue weighted by atomic mass is 16.5. The lowest BCUT2D eigenvalue weighted by atomic mass is 9.90. The molecule has 0 aliphatic heterocycles. The molecule has 0 amide bonds. The molecule has 1 aromatic heterocycles. The van der Waals surface area contributed by atoms with Gasteiger partial charge in [0.25, 0.3) is 0 Å². The summed E-state index contributed by atoms with van der Waals surface area (Å²) >= 11 is 0. The molecule has 3 rings (SSSR count). The van der Waals surface area contributed by atoms with Crippen LogP contribution in [0.4, 0.5) is 0 Å². The van der Waals surface area contributed by atoms with E-state index >= 15 is 0 Å². The third kappa shape index (κ3) is 5.86. The van der Waals surface area contributed by atoms with E-state index in [1.165, 1.54) is 25.7 Å². The van der Waals surface area contributed by atoms with Crippen molar-refractivity contribution >= 4 is 11.9 Å². The summed E-state index contributed by atoms with van der Waals surface area (Å²) in [6, 6.07) is 0. The minimum atomic E-state index is -1.26. The van der Waals surface area contributed by atoms with Crippen LogP contribution in [0.1, 0.15) is 31.4 Å². The molecule has 2 aliphatic carbocycles. The summed E-state index contributed by atoms with van der Waals surface area (Å²) in [4.78, 5) is 26.1. The van der Waals surface area contributed by atoms with Gasteiger partial charge in [0, 0.05) is 12.2 Å². The first-order valence-corrected chi connectivity index (χ1v) is 7.73. The number of carbonyl (C=O) groups is 2. The van der Waals surface area contributed by atoms with Gasteiger partial charge < -0.3 is 19.9 Å². The van der Waals surface area contributed by atoms with Gasteiger partial charge in [-0.3, -0.25) is 0 Å². The maximum Gasteiger partial charge on any atom is 0.328 e. The van der Waals surface area contributed by atoms with Gasteiger partial charge >= 0.3 is 11.9 Å². The molecule has 7 heteroatoms. The minimum Gasteiger partial charge on any atom is -0.478 e. The molecule has 0 spiro atoms. The van der Waals surface area contributed by atoms with Gasteiger partial charge in [-0.15, -0.1) is 0 Å². The van der Waals surface area contributed by atoms with Crippen molar-refractivity contribution in [1.82, 2.24) is 9.97 Å². The molecule has 1 heterocycles. The largest absolute Gasteiger partial charge is 0.478 e. The summed E-state index contributed by atoms with van der Waals surface area (Å²) in [6.45, 7) is 1.63. The molecule has 7 nitrogen and oxygen atoms in total. The Bertz CT molecular complexity index is 525. The zero-order valence-electron chi connectivity index (χ0n) is 12.9. The maximum atomic E-state index is 9.55. The van der Waals surface area contributed by atoms with Crippen LogP contribution in [-0.2, 0) is 20.9 Å². The highest BCUT2D eigenvalue weighted by Crippen LogP contribution is 2.48. The van der Waals surface area contributed by atoms with E-state index in [0.29, 0.717) is 18.8 Å². The Hall–Kier alpha value is -2.15. The number of aromatic amines is 1. The quantitative estimate of drug-likeness (QED) is 0.691. The Morgan fingerprint density at radius 2 is 2.00 bits per heavy atom. The number of carboxylic acid groups (broad SMARTS) is 2. The highest BCUT2D eigenvalue weighted by molar-refractivity contribution is 5.89. The Labute approximate surface area is 134 Å². The second-order valence-electron chi connectivity index (χ2n) is 6.04. The molecule has 0 saturated heterocycles. The van der Waals surface area contributed by atoms with Crippen LogP contribution in [0.25, 0.3) is 0 Å². The summed E-state index contributed by atoms with van der Waals surface area (Å²) < 4.78 is 5.74. The molecule has 3 unspecified atom stereocenters. The fourth-order valence-corrected chi connectivity index (χ4v) is 3.41. The van der Waals surface area contributed by atoms with Gasteiger partial charge in [0.05, 0.1) is 31.4 Å². The molecule has 0 aromatic carbocycles. The number of H-pyrrole nitrogens is 1. The summed E-state index contributed by atoms with van der Waals surface area (Å²) in [7, 11) is 0. The number of rotatable bonds is 6. The molecular formula is C16H22N2O5. The predicted octanol–water partition coefficient (Wildman–Crippen LogP) is 2.07. The number of hydrogen-bond acceptors (Lipinski definition) is 4. The molecule has 1 aromatic rings. The number of nitrogens with zero attached hydrogens (tertiary/aromatic N) is 1. The van der Waals surface area contributed by atoms with E-state index in [2.05, 4.69) is 9.97 Å². The van der Waals surface area contributed by atoms with Crippen LogP contribution < -0.4 is 0 Å². The monoisotopic (exact) mass is 322 g/mol. The van der Waals surface area contributed by atoms with E-state index in [4.69, 9.17) is 14.9 Å². The van der Waals surface area contributed by atoms with E-state index in [1.807, 2.05) is 6.20 Å². The van der Waals surface area contributed by atoms with Gasteiger partial charge in [0.2, 0.25) is 0 Å². The van der Waals surface area contributed by atoms with Gasteiger partial charge in [-0.05, 0) is 37.0 Å². The molecule has 2 aliphatic rings. The lowest BCUT2D eigenvalue weighted by Gasteiger charge is -2.21. The van der Waals surface area contributed by atoms with Crippen LogP contribution in [-0.4, -0.2) is 38.7 Å². The number of fused-ring (bicyclic) bond motifs is 2. The van der Waals surface area contributed by atoms with Crippen LogP contribution >= 0.6 is 0 Å². The van der Waals surface area contributed by atoms with Gasteiger partial charge in [-0.1, -0.05) is 6.42 Å². The smallest absolute Gasteiger partial charge is 0.328 e. The van der Waals surface area contributed by atoms with Crippen LogP contribution in [0, 0.1) is 17.8 Å². The number of aliphatic carboxylic acids is 2. The van der Waals surface area contributed by atoms with E-state index in [-0.39, 0.29) is 0 Å². The number of nitrogens with one attached hydrogen (secondary N) is 1. The summed E-state index contributed by atoms with van der Waals surface area (Å²) in [6.07, 6.45) is 10.5. The summed E-state index contributed by atoms with van der Waals surface area (Å²) in [5.41, 5.74) is 1.08. The second kappa shape index (κ2) is 8.47. The van der Waals surface area contributed by atoms with Gasteiger partial charge in [0.15, 0.2) is 0 Å². The number of aromatic nitrogens is 2. The second-order valence-corrected chi connectivity index (χ2v) is 6.04. The molecule has 2 saturated carbocycles. The summed E-state index contributed by atoms with van der Waals surface area (Å²) in [5, 5.41) is 15.6. The molecule has 3 N–H and O–H groups in total. The third-order valence-corrected chi connectivity index (χ3v) is 4.40. The SMILES string of the molecule is O=C(O)/C=C\C(=O)O.c1ncc(COCC2CC3CCC2C3)[nH]1. The predicted molar refractivity (Wildman–Crippen MR) is 81.6 cm³/mol. The third-order valence-electron chi connectivity index (χ3n) is 4.40. The normalized spacial score (nSPS) is 25.3. The van der Waals surface area contributed by atoms with E-state index < -0.39 is 11.9 Å². The lowest BCUT2D eigenvalue weighted by molar-refractivity contribution is -0.134. The Balaban J connectivity index is 0.000000207. The minimum absolute atomic E-state index is 0.558. The summed E-state index contributed by atoms with van der Waals surface area (Å²) in [5.74, 6) is 0.319. The lowest BCUT2D eigenvalue weighted by Crippen LogP contribution is -2.16. The van der Waals surface area contributed by atoms with Gasteiger partial charge in [-0.25, -0.2) is 14.6 Å².